The van der Waals surface area contributed by atoms with Crippen molar-refractivity contribution in [2.75, 3.05) is 26.3 Å². The Bertz CT molecular complexity index is 281. The first-order valence-corrected chi connectivity index (χ1v) is 6.77. The maximum Gasteiger partial charge on any atom is 0.237 e. The van der Waals surface area contributed by atoms with Crippen LogP contribution in [0.3, 0.4) is 0 Å². The van der Waals surface area contributed by atoms with Crippen LogP contribution in [0.2, 0.25) is 0 Å². The molecule has 0 saturated carbocycles. The number of carbonyl (C=O) groups excluding carboxylic acids is 1. The van der Waals surface area contributed by atoms with Gasteiger partial charge in [0.15, 0.2) is 0 Å². The van der Waals surface area contributed by atoms with Gasteiger partial charge in [-0.05, 0) is 27.2 Å². The first kappa shape index (κ1) is 15.4. The normalized spacial score (nSPS) is 23.7. The second kappa shape index (κ2) is 6.50. The first-order chi connectivity index (χ1) is 8.41. The van der Waals surface area contributed by atoms with Crippen molar-refractivity contribution >= 4 is 5.91 Å². The molecule has 18 heavy (non-hydrogen) atoms. The van der Waals surface area contributed by atoms with Gasteiger partial charge in [-0.2, -0.15) is 0 Å². The molecule has 0 radical (unpaired) electrons. The second-order valence-electron chi connectivity index (χ2n) is 5.60. The Morgan fingerprint density at radius 1 is 1.61 bits per heavy atom. The summed E-state index contributed by atoms with van der Waals surface area (Å²) >= 11 is 0. The molecule has 5 nitrogen and oxygen atoms in total. The summed E-state index contributed by atoms with van der Waals surface area (Å²) in [6, 6.07) is -0.0162. The fourth-order valence-electron chi connectivity index (χ4n) is 2.06. The number of morpholine rings is 1. The van der Waals surface area contributed by atoms with Gasteiger partial charge in [-0.3, -0.25) is 9.69 Å². The number of hydrogen-bond donors (Lipinski definition) is 2. The van der Waals surface area contributed by atoms with Gasteiger partial charge in [0.05, 0.1) is 19.3 Å². The third-order valence-electron chi connectivity index (χ3n) is 3.77. The second-order valence-corrected chi connectivity index (χ2v) is 5.60. The monoisotopic (exact) mass is 257 g/mol. The predicted molar refractivity (Wildman–Crippen MR) is 72.3 cm³/mol. The van der Waals surface area contributed by atoms with Crippen LogP contribution in [-0.4, -0.2) is 54.7 Å². The van der Waals surface area contributed by atoms with Crippen molar-refractivity contribution < 1.29 is 9.53 Å². The highest BCUT2D eigenvalue weighted by atomic mass is 16.5. The zero-order valence-corrected chi connectivity index (χ0v) is 12.0. The molecule has 1 aliphatic rings. The molecular weight excluding hydrogens is 230 g/mol. The summed E-state index contributed by atoms with van der Waals surface area (Å²) in [4.78, 5) is 14.4. The van der Waals surface area contributed by atoms with E-state index in [1.807, 2.05) is 20.8 Å². The number of ether oxygens (including phenoxy) is 1. The van der Waals surface area contributed by atoms with Gasteiger partial charge >= 0.3 is 0 Å². The minimum Gasteiger partial charge on any atom is -0.378 e. The van der Waals surface area contributed by atoms with Crippen molar-refractivity contribution in [3.8, 4) is 0 Å². The van der Waals surface area contributed by atoms with Crippen LogP contribution in [0.5, 0.6) is 0 Å². The zero-order chi connectivity index (χ0) is 13.8. The molecule has 2 unspecified atom stereocenters. The average Bonchev–Trinajstić information content (AvgIpc) is 2.37. The molecule has 1 heterocycles. The molecule has 1 saturated heterocycles. The number of amides is 1. The van der Waals surface area contributed by atoms with E-state index in [1.165, 1.54) is 0 Å². The fraction of sp³-hybridized carbons (Fsp3) is 0.923. The summed E-state index contributed by atoms with van der Waals surface area (Å²) in [5.74, 6) is 0.0715. The Balaban J connectivity index is 2.61. The molecule has 0 aromatic carbocycles. The molecule has 0 aliphatic carbocycles. The average molecular weight is 257 g/mol. The SMILES string of the molecule is CCC(C)(C)NC(=O)C(C)N1CCOCC1CN. The molecule has 2 atom stereocenters. The minimum atomic E-state index is -0.159. The van der Waals surface area contributed by atoms with E-state index < -0.39 is 0 Å². The van der Waals surface area contributed by atoms with Crippen molar-refractivity contribution in [2.45, 2.75) is 51.7 Å². The molecular formula is C13H27N3O2. The fourth-order valence-corrected chi connectivity index (χ4v) is 2.06. The lowest BCUT2D eigenvalue weighted by molar-refractivity contribution is -0.131. The number of hydrogen-bond acceptors (Lipinski definition) is 4. The van der Waals surface area contributed by atoms with Gasteiger partial charge in [0.2, 0.25) is 5.91 Å². The lowest BCUT2D eigenvalue weighted by Gasteiger charge is -2.39. The molecule has 1 fully saturated rings. The lowest BCUT2D eigenvalue weighted by atomic mass is 10.0. The molecule has 1 amide bonds. The Kier molecular flexibility index (Phi) is 5.56. The quantitative estimate of drug-likeness (QED) is 0.745. The van der Waals surface area contributed by atoms with Crippen molar-refractivity contribution in [3.63, 3.8) is 0 Å². The Morgan fingerprint density at radius 2 is 2.28 bits per heavy atom. The van der Waals surface area contributed by atoms with Crippen LogP contribution in [0.15, 0.2) is 0 Å². The van der Waals surface area contributed by atoms with Crippen LogP contribution in [0.1, 0.15) is 34.1 Å². The molecule has 5 heteroatoms. The summed E-state index contributed by atoms with van der Waals surface area (Å²) in [6.07, 6.45) is 0.912. The summed E-state index contributed by atoms with van der Waals surface area (Å²) in [5, 5.41) is 3.09. The topological polar surface area (TPSA) is 67.6 Å². The highest BCUT2D eigenvalue weighted by Crippen LogP contribution is 2.13. The number of nitrogens with zero attached hydrogens (tertiary/aromatic N) is 1. The van der Waals surface area contributed by atoms with E-state index >= 15 is 0 Å². The van der Waals surface area contributed by atoms with Crippen molar-refractivity contribution in [1.82, 2.24) is 10.2 Å². The Labute approximate surface area is 110 Å². The molecule has 3 N–H and O–H groups in total. The van der Waals surface area contributed by atoms with Gasteiger partial charge in [-0.1, -0.05) is 6.92 Å². The van der Waals surface area contributed by atoms with Gasteiger partial charge in [-0.15, -0.1) is 0 Å². The third-order valence-corrected chi connectivity index (χ3v) is 3.77. The maximum absolute atomic E-state index is 12.2. The van der Waals surface area contributed by atoms with Gasteiger partial charge in [0, 0.05) is 24.7 Å². The molecule has 1 rings (SSSR count). The van der Waals surface area contributed by atoms with Crippen LogP contribution < -0.4 is 11.1 Å². The number of carbonyl (C=O) groups is 1. The number of nitrogens with two attached hydrogens (primary N) is 1. The summed E-state index contributed by atoms with van der Waals surface area (Å²) in [5.41, 5.74) is 5.57. The van der Waals surface area contributed by atoms with Crippen molar-refractivity contribution in [3.05, 3.63) is 0 Å². The Hall–Kier alpha value is -0.650. The summed E-state index contributed by atoms with van der Waals surface area (Å²) in [6.45, 7) is 10.7. The van der Waals surface area contributed by atoms with E-state index in [1.54, 1.807) is 0 Å². The van der Waals surface area contributed by atoms with Crippen LogP contribution in [0.25, 0.3) is 0 Å². The zero-order valence-electron chi connectivity index (χ0n) is 12.0. The molecule has 0 bridgehead atoms. The van der Waals surface area contributed by atoms with E-state index in [9.17, 15) is 4.79 Å². The van der Waals surface area contributed by atoms with Crippen LogP contribution >= 0.6 is 0 Å². The maximum atomic E-state index is 12.2. The van der Waals surface area contributed by atoms with E-state index in [0.29, 0.717) is 19.8 Å². The van der Waals surface area contributed by atoms with E-state index in [2.05, 4.69) is 17.1 Å². The van der Waals surface area contributed by atoms with Gasteiger partial charge in [0.1, 0.15) is 0 Å². The van der Waals surface area contributed by atoms with Crippen molar-refractivity contribution in [2.24, 2.45) is 5.73 Å². The lowest BCUT2D eigenvalue weighted by Crippen LogP contribution is -2.59. The highest BCUT2D eigenvalue weighted by molar-refractivity contribution is 5.82. The van der Waals surface area contributed by atoms with Gasteiger partial charge in [-0.25, -0.2) is 0 Å². The number of nitrogens with one attached hydrogen (secondary N) is 1. The van der Waals surface area contributed by atoms with Crippen LogP contribution in [0, 0.1) is 0 Å². The minimum absolute atomic E-state index is 0.0715. The summed E-state index contributed by atoms with van der Waals surface area (Å²) < 4.78 is 5.40. The predicted octanol–water partition coefficient (Wildman–Crippen LogP) is 0.339. The molecule has 106 valence electrons. The third kappa shape index (κ3) is 3.93. The van der Waals surface area contributed by atoms with E-state index in [0.717, 1.165) is 13.0 Å². The van der Waals surface area contributed by atoms with Gasteiger partial charge in [0.25, 0.3) is 0 Å². The standard InChI is InChI=1S/C13H27N3O2/c1-5-13(3,4)15-12(17)10(2)16-6-7-18-9-11(16)8-14/h10-11H,5-9,14H2,1-4H3,(H,15,17). The molecule has 0 aromatic rings. The Morgan fingerprint density at radius 3 is 2.83 bits per heavy atom. The molecule has 0 spiro atoms. The summed E-state index contributed by atoms with van der Waals surface area (Å²) in [7, 11) is 0. The number of rotatable bonds is 5. The van der Waals surface area contributed by atoms with E-state index in [-0.39, 0.29) is 23.5 Å². The highest BCUT2D eigenvalue weighted by Gasteiger charge is 2.31. The van der Waals surface area contributed by atoms with E-state index in [4.69, 9.17) is 10.5 Å². The first-order valence-electron chi connectivity index (χ1n) is 6.77. The largest absolute Gasteiger partial charge is 0.378 e. The van der Waals surface area contributed by atoms with Gasteiger partial charge < -0.3 is 15.8 Å². The smallest absolute Gasteiger partial charge is 0.237 e. The van der Waals surface area contributed by atoms with Crippen LogP contribution in [0.4, 0.5) is 0 Å². The molecule has 0 aromatic heterocycles. The van der Waals surface area contributed by atoms with Crippen LogP contribution in [-0.2, 0) is 9.53 Å². The van der Waals surface area contributed by atoms with Crippen molar-refractivity contribution in [1.29, 1.82) is 0 Å². The molecule has 1 aliphatic heterocycles.